The second kappa shape index (κ2) is 7.17. The number of nitrogens with one attached hydrogen (secondary N) is 1. The molecule has 0 aliphatic heterocycles. The molecule has 15 heavy (non-hydrogen) atoms. The van der Waals surface area contributed by atoms with E-state index in [1.54, 1.807) is 14.2 Å². The summed E-state index contributed by atoms with van der Waals surface area (Å²) in [5.74, 6) is 0.230. The third kappa shape index (κ3) is 6.10. The van der Waals surface area contributed by atoms with Crippen molar-refractivity contribution >= 4 is 0 Å². The Morgan fingerprint density at radius 3 is 2.33 bits per heavy atom. The van der Waals surface area contributed by atoms with Crippen LogP contribution in [-0.4, -0.2) is 50.7 Å². The molecule has 0 aliphatic carbocycles. The summed E-state index contributed by atoms with van der Waals surface area (Å²) in [6, 6.07) is 0. The average Bonchev–Trinajstić information content (AvgIpc) is 2.16. The van der Waals surface area contributed by atoms with E-state index < -0.39 is 5.60 Å². The van der Waals surface area contributed by atoms with Crippen molar-refractivity contribution in [2.75, 3.05) is 33.9 Å². The van der Waals surface area contributed by atoms with Gasteiger partial charge in [-0.15, -0.1) is 0 Å². The first kappa shape index (κ1) is 14.8. The highest BCUT2D eigenvalue weighted by atomic mass is 16.5. The monoisotopic (exact) mass is 219 g/mol. The van der Waals surface area contributed by atoms with E-state index in [9.17, 15) is 5.11 Å². The van der Waals surface area contributed by atoms with Crippen LogP contribution in [0, 0.1) is 5.92 Å². The molecule has 2 atom stereocenters. The smallest absolute Gasteiger partial charge is 0.0928 e. The van der Waals surface area contributed by atoms with Gasteiger partial charge in [-0.2, -0.15) is 0 Å². The molecule has 0 saturated carbocycles. The number of rotatable bonds is 8. The Labute approximate surface area is 93.0 Å². The second-order valence-electron chi connectivity index (χ2n) is 4.46. The molecule has 0 aromatic rings. The first-order valence-corrected chi connectivity index (χ1v) is 5.39. The maximum atomic E-state index is 9.97. The van der Waals surface area contributed by atoms with Gasteiger partial charge in [0.1, 0.15) is 0 Å². The number of hydrogen-bond donors (Lipinski definition) is 2. The Morgan fingerprint density at radius 1 is 1.33 bits per heavy atom. The minimum atomic E-state index is -0.675. The van der Waals surface area contributed by atoms with Crippen LogP contribution in [0.4, 0.5) is 0 Å². The van der Waals surface area contributed by atoms with Gasteiger partial charge in [-0.05, 0) is 12.8 Å². The van der Waals surface area contributed by atoms with Crippen LogP contribution in [0.1, 0.15) is 20.8 Å². The predicted octanol–water partition coefficient (Wildman–Crippen LogP) is 0.644. The minimum Gasteiger partial charge on any atom is -0.389 e. The third-order valence-electron chi connectivity index (χ3n) is 2.78. The lowest BCUT2D eigenvalue weighted by atomic mass is 9.92. The largest absolute Gasteiger partial charge is 0.389 e. The molecular weight excluding hydrogens is 194 g/mol. The summed E-state index contributed by atoms with van der Waals surface area (Å²) in [6.45, 7) is 7.66. The Balaban J connectivity index is 3.76. The lowest BCUT2D eigenvalue weighted by Crippen LogP contribution is -2.45. The van der Waals surface area contributed by atoms with E-state index in [4.69, 9.17) is 9.47 Å². The number of aliphatic hydroxyl groups is 1. The van der Waals surface area contributed by atoms with Gasteiger partial charge in [-0.25, -0.2) is 0 Å². The number of hydrogen-bond acceptors (Lipinski definition) is 4. The zero-order chi connectivity index (χ0) is 11.9. The SMILES string of the molecule is COCC(CNCC(C)(O)C(C)C)OC. The maximum Gasteiger partial charge on any atom is 0.0928 e. The van der Waals surface area contributed by atoms with Gasteiger partial charge in [-0.3, -0.25) is 0 Å². The van der Waals surface area contributed by atoms with Crippen LogP contribution in [0.3, 0.4) is 0 Å². The first-order valence-electron chi connectivity index (χ1n) is 5.39. The first-order chi connectivity index (χ1) is 6.94. The standard InChI is InChI=1S/C11H25NO3/c1-9(2)11(3,13)8-12-6-10(15-5)7-14-4/h9-10,12-13H,6-8H2,1-5H3. The predicted molar refractivity (Wildman–Crippen MR) is 61.0 cm³/mol. The Kier molecular flexibility index (Phi) is 7.09. The third-order valence-corrected chi connectivity index (χ3v) is 2.78. The molecule has 4 nitrogen and oxygen atoms in total. The lowest BCUT2D eigenvalue weighted by Gasteiger charge is -2.28. The van der Waals surface area contributed by atoms with Crippen LogP contribution in [0.25, 0.3) is 0 Å². The Morgan fingerprint density at radius 2 is 1.93 bits per heavy atom. The molecule has 92 valence electrons. The molecule has 0 rings (SSSR count). The van der Waals surface area contributed by atoms with Crippen molar-refractivity contribution in [2.45, 2.75) is 32.5 Å². The van der Waals surface area contributed by atoms with Gasteiger partial charge in [0.05, 0.1) is 18.3 Å². The highest BCUT2D eigenvalue weighted by Gasteiger charge is 2.24. The fourth-order valence-corrected chi connectivity index (χ4v) is 1.09. The fraction of sp³-hybridized carbons (Fsp3) is 1.00. The van der Waals surface area contributed by atoms with Crippen molar-refractivity contribution in [3.63, 3.8) is 0 Å². The molecule has 0 spiro atoms. The highest BCUT2D eigenvalue weighted by Crippen LogP contribution is 2.14. The van der Waals surface area contributed by atoms with Gasteiger partial charge in [0, 0.05) is 27.3 Å². The van der Waals surface area contributed by atoms with Crippen molar-refractivity contribution in [2.24, 2.45) is 5.92 Å². The van der Waals surface area contributed by atoms with Crippen LogP contribution >= 0.6 is 0 Å². The van der Waals surface area contributed by atoms with E-state index in [-0.39, 0.29) is 12.0 Å². The summed E-state index contributed by atoms with van der Waals surface area (Å²) >= 11 is 0. The summed E-state index contributed by atoms with van der Waals surface area (Å²) in [5, 5.41) is 13.2. The van der Waals surface area contributed by atoms with Gasteiger partial charge in [-0.1, -0.05) is 13.8 Å². The lowest BCUT2D eigenvalue weighted by molar-refractivity contribution is 0.000932. The van der Waals surface area contributed by atoms with Crippen LogP contribution < -0.4 is 5.32 Å². The second-order valence-corrected chi connectivity index (χ2v) is 4.46. The minimum absolute atomic E-state index is 0.0398. The van der Waals surface area contributed by atoms with Gasteiger partial charge in [0.2, 0.25) is 0 Å². The summed E-state index contributed by atoms with van der Waals surface area (Å²) in [4.78, 5) is 0. The molecule has 0 aromatic carbocycles. The zero-order valence-corrected chi connectivity index (χ0v) is 10.5. The van der Waals surface area contributed by atoms with Crippen molar-refractivity contribution in [3.8, 4) is 0 Å². The van der Waals surface area contributed by atoms with Crippen LogP contribution in [-0.2, 0) is 9.47 Å². The molecule has 0 heterocycles. The van der Waals surface area contributed by atoms with Crippen molar-refractivity contribution in [1.82, 2.24) is 5.32 Å². The molecule has 2 unspecified atom stereocenters. The molecule has 0 radical (unpaired) electrons. The van der Waals surface area contributed by atoms with Gasteiger partial charge >= 0.3 is 0 Å². The van der Waals surface area contributed by atoms with Gasteiger partial charge in [0.15, 0.2) is 0 Å². The Hall–Kier alpha value is -0.160. The normalized spacial score (nSPS) is 17.8. The molecule has 0 bridgehead atoms. The summed E-state index contributed by atoms with van der Waals surface area (Å²) in [6.07, 6.45) is 0.0398. The summed E-state index contributed by atoms with van der Waals surface area (Å²) in [7, 11) is 3.31. The highest BCUT2D eigenvalue weighted by molar-refractivity contribution is 4.79. The quantitative estimate of drug-likeness (QED) is 0.629. The maximum absolute atomic E-state index is 9.97. The van der Waals surface area contributed by atoms with E-state index in [0.29, 0.717) is 19.7 Å². The van der Waals surface area contributed by atoms with Crippen molar-refractivity contribution < 1.29 is 14.6 Å². The summed E-state index contributed by atoms with van der Waals surface area (Å²) < 4.78 is 10.2. The molecule has 0 aromatic heterocycles. The van der Waals surface area contributed by atoms with E-state index in [2.05, 4.69) is 5.32 Å². The van der Waals surface area contributed by atoms with E-state index in [0.717, 1.165) is 0 Å². The molecule has 0 fully saturated rings. The fourth-order valence-electron chi connectivity index (χ4n) is 1.09. The molecule has 0 saturated heterocycles. The average molecular weight is 219 g/mol. The van der Waals surface area contributed by atoms with Crippen molar-refractivity contribution in [1.29, 1.82) is 0 Å². The van der Waals surface area contributed by atoms with Gasteiger partial charge in [0.25, 0.3) is 0 Å². The Bertz CT molecular complexity index is 160. The summed E-state index contributed by atoms with van der Waals surface area (Å²) in [5.41, 5.74) is -0.675. The van der Waals surface area contributed by atoms with E-state index in [1.807, 2.05) is 20.8 Å². The number of methoxy groups -OCH3 is 2. The molecule has 0 aliphatic rings. The topological polar surface area (TPSA) is 50.7 Å². The molecular formula is C11H25NO3. The van der Waals surface area contributed by atoms with Crippen molar-refractivity contribution in [3.05, 3.63) is 0 Å². The van der Waals surface area contributed by atoms with Crippen LogP contribution in [0.2, 0.25) is 0 Å². The molecule has 2 N–H and O–H groups in total. The number of ether oxygens (including phenoxy) is 2. The van der Waals surface area contributed by atoms with Crippen LogP contribution in [0.5, 0.6) is 0 Å². The zero-order valence-electron chi connectivity index (χ0n) is 10.5. The van der Waals surface area contributed by atoms with Crippen LogP contribution in [0.15, 0.2) is 0 Å². The van der Waals surface area contributed by atoms with E-state index in [1.165, 1.54) is 0 Å². The van der Waals surface area contributed by atoms with Gasteiger partial charge < -0.3 is 19.9 Å². The van der Waals surface area contributed by atoms with E-state index >= 15 is 0 Å². The molecule has 4 heteroatoms. The molecule has 0 amide bonds.